The number of hydrogen-bond donors (Lipinski definition) is 2. The normalized spacial score (nSPS) is 17.5. The van der Waals surface area contributed by atoms with Gasteiger partial charge in [0.25, 0.3) is 5.91 Å². The third-order valence-corrected chi connectivity index (χ3v) is 8.77. The van der Waals surface area contributed by atoms with E-state index in [2.05, 4.69) is 15.0 Å². The van der Waals surface area contributed by atoms with Gasteiger partial charge in [0.2, 0.25) is 10.0 Å². The Morgan fingerprint density at radius 1 is 1.19 bits per heavy atom. The van der Waals surface area contributed by atoms with E-state index in [-0.39, 0.29) is 37.3 Å². The van der Waals surface area contributed by atoms with Gasteiger partial charge in [0.15, 0.2) is 0 Å². The molecule has 1 saturated heterocycles. The second-order valence-corrected chi connectivity index (χ2v) is 11.9. The Morgan fingerprint density at radius 3 is 2.38 bits per heavy atom. The lowest BCUT2D eigenvalue weighted by atomic mass is 9.89. The molecule has 2 aromatic carbocycles. The van der Waals surface area contributed by atoms with Gasteiger partial charge in [-0.05, 0) is 73.7 Å². The van der Waals surface area contributed by atoms with Crippen LogP contribution in [-0.4, -0.2) is 68.7 Å². The maximum Gasteiger partial charge on any atom is 0.461 e. The highest BCUT2D eigenvalue weighted by Gasteiger charge is 2.48. The molecule has 0 saturated carbocycles. The number of carbonyl (C=O) groups excluding carboxylic acids is 2. The van der Waals surface area contributed by atoms with Gasteiger partial charge in [-0.3, -0.25) is 14.7 Å². The number of alkyl halides is 4. The summed E-state index contributed by atoms with van der Waals surface area (Å²) in [6, 6.07) is 7.66. The maximum absolute atomic E-state index is 13.3. The highest BCUT2D eigenvalue weighted by Crippen LogP contribution is 2.34. The van der Waals surface area contributed by atoms with Gasteiger partial charge >= 0.3 is 18.6 Å². The number of ether oxygens (including phenoxy) is 1. The number of amides is 3. The van der Waals surface area contributed by atoms with Crippen molar-refractivity contribution in [2.45, 2.75) is 44.8 Å². The predicted molar refractivity (Wildman–Crippen MR) is 148 cm³/mol. The van der Waals surface area contributed by atoms with E-state index in [1.807, 2.05) is 0 Å². The summed E-state index contributed by atoms with van der Waals surface area (Å²) in [5.74, 6) is -0.983. The summed E-state index contributed by atoms with van der Waals surface area (Å²) in [5, 5.41) is 3.67. The largest absolute Gasteiger partial charge is 0.461 e. The van der Waals surface area contributed by atoms with Crippen molar-refractivity contribution >= 4 is 39.6 Å². The Morgan fingerprint density at radius 2 is 1.81 bits per heavy atom. The number of benzene rings is 2. The lowest BCUT2D eigenvalue weighted by molar-refractivity contribution is -0.253. The second kappa shape index (κ2) is 11.4. The second-order valence-electron chi connectivity index (χ2n) is 10.1. The fourth-order valence-corrected chi connectivity index (χ4v) is 5.96. The highest BCUT2D eigenvalue weighted by atomic mass is 32.2. The summed E-state index contributed by atoms with van der Waals surface area (Å²) in [4.78, 5) is 30.1. The van der Waals surface area contributed by atoms with Crippen molar-refractivity contribution in [1.82, 2.24) is 9.62 Å². The molecule has 3 amide bonds. The zero-order valence-electron chi connectivity index (χ0n) is 22.9. The number of aliphatic imine (C=N–C) groups is 1. The molecule has 42 heavy (non-hydrogen) atoms. The maximum atomic E-state index is 13.3. The average molecular weight is 612 g/mol. The van der Waals surface area contributed by atoms with Crippen molar-refractivity contribution in [2.75, 3.05) is 25.0 Å². The van der Waals surface area contributed by atoms with Crippen LogP contribution in [-0.2, 0) is 14.8 Å². The van der Waals surface area contributed by atoms with E-state index in [9.17, 15) is 35.6 Å². The van der Waals surface area contributed by atoms with E-state index in [0.29, 0.717) is 11.3 Å². The molecule has 10 nitrogen and oxygen atoms in total. The number of nitrogens with zero attached hydrogens (tertiary/aromatic N) is 3. The van der Waals surface area contributed by atoms with Gasteiger partial charge in [-0.2, -0.15) is 21.9 Å². The minimum absolute atomic E-state index is 0.0130. The Bertz CT molecular complexity index is 1550. The number of hydrogen-bond acceptors (Lipinski definition) is 6. The monoisotopic (exact) mass is 611 g/mol. The van der Waals surface area contributed by atoms with Crippen molar-refractivity contribution in [3.63, 3.8) is 0 Å². The minimum Gasteiger partial charge on any atom is -0.428 e. The van der Waals surface area contributed by atoms with E-state index in [4.69, 9.17) is 5.73 Å². The van der Waals surface area contributed by atoms with Crippen LogP contribution in [0.15, 0.2) is 46.8 Å². The van der Waals surface area contributed by atoms with Crippen LogP contribution in [0.3, 0.4) is 0 Å². The van der Waals surface area contributed by atoms with Crippen LogP contribution in [0.1, 0.15) is 35.1 Å². The van der Waals surface area contributed by atoms with Crippen LogP contribution >= 0.6 is 0 Å². The third-order valence-electron chi connectivity index (χ3n) is 7.21. The zero-order chi connectivity index (χ0) is 31.0. The van der Waals surface area contributed by atoms with Gasteiger partial charge in [0, 0.05) is 36.8 Å². The molecular weight excluding hydrogens is 582 g/mol. The van der Waals surface area contributed by atoms with Gasteiger partial charge in [-0.1, -0.05) is 12.1 Å². The Kier molecular flexibility index (Phi) is 8.38. The number of urea groups is 1. The molecule has 2 aromatic rings. The Balaban J connectivity index is 1.47. The summed E-state index contributed by atoms with van der Waals surface area (Å²) >= 11 is 0. The smallest absolute Gasteiger partial charge is 0.428 e. The summed E-state index contributed by atoms with van der Waals surface area (Å²) in [5.41, 5.74) is 6.93. The number of nitrogens with one attached hydrogen (secondary N) is 1. The topological polar surface area (TPSA) is 134 Å². The molecule has 0 unspecified atom stereocenters. The fraction of sp³-hybridized carbons (Fsp3) is 0.370. The number of aryl methyl sites for hydroxylation is 2. The Hall–Kier alpha value is -3.98. The molecule has 15 heteroatoms. The number of halogens is 4. The summed E-state index contributed by atoms with van der Waals surface area (Å²) in [7, 11) is -2.35. The standard InChI is InChI=1S/C27H29F4N5O5S/c1-16-13-19(35(3)25(32)38)14-17(2)21(16)7-12-42(39,40)36-10-8-26(9-11-36)24(37)33-22(34-26)18-5-4-6-20(15-18)41-27(30,31)23(28)29/h4-7,12-15,23H,8-11H2,1-3H3,(H2,32,38)(H,33,34,37)/b12-7+. The van der Waals surface area contributed by atoms with Crippen LogP contribution in [0.4, 0.5) is 28.0 Å². The molecule has 0 aromatic heterocycles. The van der Waals surface area contributed by atoms with Crippen molar-refractivity contribution in [3.8, 4) is 5.75 Å². The van der Waals surface area contributed by atoms with Crippen molar-refractivity contribution in [3.05, 3.63) is 64.1 Å². The first-order valence-corrected chi connectivity index (χ1v) is 14.2. The third kappa shape index (κ3) is 6.26. The average Bonchev–Trinajstić information content (AvgIpc) is 3.22. The van der Waals surface area contributed by atoms with E-state index in [0.717, 1.165) is 28.7 Å². The molecule has 3 N–H and O–H groups in total. The SMILES string of the molecule is Cc1cc(N(C)C(N)=O)cc(C)c1/C=C/S(=O)(=O)N1CCC2(CC1)N=C(c1cccc(OC(F)(F)C(F)F)c1)NC2=O. The van der Waals surface area contributed by atoms with E-state index < -0.39 is 45.8 Å². The summed E-state index contributed by atoms with van der Waals surface area (Å²) < 4.78 is 83.3. The molecule has 0 bridgehead atoms. The van der Waals surface area contributed by atoms with Gasteiger partial charge in [-0.15, -0.1) is 0 Å². The molecule has 2 aliphatic rings. The lowest BCUT2D eigenvalue weighted by Gasteiger charge is -2.34. The number of rotatable bonds is 8. The lowest BCUT2D eigenvalue weighted by Crippen LogP contribution is -2.50. The van der Waals surface area contributed by atoms with Gasteiger partial charge in [0.1, 0.15) is 17.1 Å². The van der Waals surface area contributed by atoms with Crippen LogP contribution in [0.5, 0.6) is 5.75 Å². The first kappa shape index (κ1) is 31.0. The predicted octanol–water partition coefficient (Wildman–Crippen LogP) is 3.77. The van der Waals surface area contributed by atoms with Crippen molar-refractivity contribution < 1.29 is 40.3 Å². The summed E-state index contributed by atoms with van der Waals surface area (Å²) in [6.45, 7) is 3.54. The molecule has 1 fully saturated rings. The molecule has 226 valence electrons. The van der Waals surface area contributed by atoms with Crippen LogP contribution in [0.25, 0.3) is 6.08 Å². The fourth-order valence-electron chi connectivity index (χ4n) is 4.79. The number of primary amides is 1. The van der Waals surface area contributed by atoms with Gasteiger partial charge < -0.3 is 15.8 Å². The van der Waals surface area contributed by atoms with Gasteiger partial charge in [-0.25, -0.2) is 13.2 Å². The molecular formula is C27H29F4N5O5S. The van der Waals surface area contributed by atoms with E-state index >= 15 is 0 Å². The molecule has 4 rings (SSSR count). The van der Waals surface area contributed by atoms with Crippen LogP contribution < -0.4 is 20.7 Å². The first-order chi connectivity index (χ1) is 19.5. The molecule has 2 heterocycles. The van der Waals surface area contributed by atoms with Crippen LogP contribution in [0.2, 0.25) is 0 Å². The summed E-state index contributed by atoms with van der Waals surface area (Å²) in [6.07, 6.45) is -7.14. The number of amidine groups is 1. The molecule has 0 atom stereocenters. The van der Waals surface area contributed by atoms with Gasteiger partial charge in [0.05, 0.1) is 0 Å². The van der Waals surface area contributed by atoms with E-state index in [1.54, 1.807) is 26.0 Å². The van der Waals surface area contributed by atoms with Crippen LogP contribution in [0, 0.1) is 13.8 Å². The number of nitrogens with two attached hydrogens (primary N) is 1. The highest BCUT2D eigenvalue weighted by molar-refractivity contribution is 7.92. The number of anilines is 1. The number of piperidine rings is 1. The van der Waals surface area contributed by atoms with Crippen molar-refractivity contribution in [2.24, 2.45) is 10.7 Å². The quantitative estimate of drug-likeness (QED) is 0.439. The number of sulfonamides is 1. The first-order valence-electron chi connectivity index (χ1n) is 12.7. The molecule has 0 aliphatic carbocycles. The van der Waals surface area contributed by atoms with Crippen molar-refractivity contribution in [1.29, 1.82) is 0 Å². The van der Waals surface area contributed by atoms with E-state index in [1.165, 1.54) is 34.5 Å². The zero-order valence-corrected chi connectivity index (χ0v) is 23.7. The number of carbonyl (C=O) groups is 2. The molecule has 0 radical (unpaired) electrons. The molecule has 2 aliphatic heterocycles. The molecule has 1 spiro atoms. The Labute approximate surface area is 239 Å². The minimum atomic E-state index is -4.70.